The molecule has 3 N–H and O–H groups in total. The highest BCUT2D eigenvalue weighted by Crippen LogP contribution is 2.44. The first-order valence-electron chi connectivity index (χ1n) is 8.69. The molecule has 2 unspecified atom stereocenters. The van der Waals surface area contributed by atoms with Gasteiger partial charge in [-0.25, -0.2) is 0 Å². The third-order valence-electron chi connectivity index (χ3n) is 5.12. The lowest BCUT2D eigenvalue weighted by Crippen LogP contribution is -2.50. The predicted octanol–water partition coefficient (Wildman–Crippen LogP) is 2.63. The Balaban J connectivity index is 1.53. The number of carboxylic acids is 1. The Kier molecular flexibility index (Phi) is 4.20. The molecule has 2 atom stereocenters. The van der Waals surface area contributed by atoms with Crippen LogP contribution in [0.1, 0.15) is 23.5 Å². The SMILES string of the molecule is NC1(CC(=O)O)OC=CC1C(=O)OCC1c2ccccc2-c2ccccc21. The maximum Gasteiger partial charge on any atom is 0.318 e. The lowest BCUT2D eigenvalue weighted by Gasteiger charge is -2.27. The number of hydrogen-bond acceptors (Lipinski definition) is 5. The molecule has 2 aromatic carbocycles. The van der Waals surface area contributed by atoms with Crippen LogP contribution in [0.4, 0.5) is 0 Å². The summed E-state index contributed by atoms with van der Waals surface area (Å²) >= 11 is 0. The molecule has 1 aliphatic carbocycles. The fourth-order valence-electron chi connectivity index (χ4n) is 3.84. The van der Waals surface area contributed by atoms with Gasteiger partial charge in [0.25, 0.3) is 0 Å². The Morgan fingerprint density at radius 3 is 2.26 bits per heavy atom. The Bertz CT molecular complexity index is 892. The third kappa shape index (κ3) is 2.98. The van der Waals surface area contributed by atoms with E-state index >= 15 is 0 Å². The molecular weight excluding hydrogens is 346 g/mol. The molecule has 0 fully saturated rings. The molecule has 0 radical (unpaired) electrons. The molecule has 0 saturated heterocycles. The molecule has 1 heterocycles. The normalized spacial score (nSPS) is 22.8. The summed E-state index contributed by atoms with van der Waals surface area (Å²) in [4.78, 5) is 23.6. The molecule has 0 amide bonds. The van der Waals surface area contributed by atoms with Crippen LogP contribution in [-0.4, -0.2) is 29.4 Å². The first-order valence-corrected chi connectivity index (χ1v) is 8.69. The van der Waals surface area contributed by atoms with Crippen molar-refractivity contribution in [2.75, 3.05) is 6.61 Å². The minimum absolute atomic E-state index is 0.0701. The van der Waals surface area contributed by atoms with E-state index < -0.39 is 30.0 Å². The summed E-state index contributed by atoms with van der Waals surface area (Å²) < 4.78 is 10.7. The van der Waals surface area contributed by atoms with Crippen molar-refractivity contribution in [3.8, 4) is 11.1 Å². The van der Waals surface area contributed by atoms with Gasteiger partial charge in [-0.1, -0.05) is 48.5 Å². The quantitative estimate of drug-likeness (QED) is 0.791. The van der Waals surface area contributed by atoms with Crippen molar-refractivity contribution < 1.29 is 24.2 Å². The molecular formula is C21H19NO5. The summed E-state index contributed by atoms with van der Waals surface area (Å²) in [5.41, 5.74) is 8.84. The average Bonchev–Trinajstić information content (AvgIpc) is 3.17. The molecule has 0 aromatic heterocycles. The highest BCUT2D eigenvalue weighted by Gasteiger charge is 2.46. The first kappa shape index (κ1) is 17.3. The van der Waals surface area contributed by atoms with E-state index in [-0.39, 0.29) is 12.5 Å². The molecule has 6 heteroatoms. The largest absolute Gasteiger partial charge is 0.481 e. The lowest BCUT2D eigenvalue weighted by molar-refractivity contribution is -0.157. The van der Waals surface area contributed by atoms with Crippen LogP contribution in [-0.2, 0) is 19.1 Å². The second-order valence-corrected chi connectivity index (χ2v) is 6.81. The molecule has 2 aromatic rings. The van der Waals surface area contributed by atoms with E-state index in [1.165, 1.54) is 12.3 Å². The summed E-state index contributed by atoms with van der Waals surface area (Å²) in [7, 11) is 0. The van der Waals surface area contributed by atoms with Crippen LogP contribution >= 0.6 is 0 Å². The van der Waals surface area contributed by atoms with E-state index in [4.69, 9.17) is 20.3 Å². The van der Waals surface area contributed by atoms with Gasteiger partial charge >= 0.3 is 11.9 Å². The first-order chi connectivity index (χ1) is 13.0. The van der Waals surface area contributed by atoms with Crippen LogP contribution in [0.25, 0.3) is 11.1 Å². The Hall–Kier alpha value is -3.12. The van der Waals surface area contributed by atoms with Gasteiger partial charge in [0.15, 0.2) is 5.72 Å². The van der Waals surface area contributed by atoms with Crippen molar-refractivity contribution >= 4 is 11.9 Å². The number of fused-ring (bicyclic) bond motifs is 3. The molecule has 6 nitrogen and oxygen atoms in total. The second-order valence-electron chi connectivity index (χ2n) is 6.81. The van der Waals surface area contributed by atoms with Gasteiger partial charge in [0.1, 0.15) is 18.9 Å². The molecule has 0 spiro atoms. The molecule has 4 rings (SSSR count). The minimum Gasteiger partial charge on any atom is -0.481 e. The number of carboxylic acid groups (broad SMARTS) is 1. The van der Waals surface area contributed by atoms with Gasteiger partial charge in [-0.2, -0.15) is 0 Å². The van der Waals surface area contributed by atoms with Crippen LogP contribution in [0, 0.1) is 5.92 Å². The van der Waals surface area contributed by atoms with E-state index in [2.05, 4.69) is 12.1 Å². The number of aliphatic carboxylic acids is 1. The van der Waals surface area contributed by atoms with E-state index in [1.807, 2.05) is 36.4 Å². The van der Waals surface area contributed by atoms with Crippen molar-refractivity contribution in [1.82, 2.24) is 0 Å². The van der Waals surface area contributed by atoms with Crippen LogP contribution in [0.15, 0.2) is 60.9 Å². The highest BCUT2D eigenvalue weighted by atomic mass is 16.5. The number of hydrogen-bond donors (Lipinski definition) is 2. The van der Waals surface area contributed by atoms with Gasteiger partial charge in [0, 0.05) is 5.92 Å². The van der Waals surface area contributed by atoms with E-state index in [0.717, 1.165) is 22.3 Å². The van der Waals surface area contributed by atoms with Crippen molar-refractivity contribution in [3.63, 3.8) is 0 Å². The molecule has 0 bridgehead atoms. The highest BCUT2D eigenvalue weighted by molar-refractivity contribution is 5.80. The van der Waals surface area contributed by atoms with Crippen molar-refractivity contribution in [2.45, 2.75) is 18.1 Å². The second kappa shape index (κ2) is 6.55. The Morgan fingerprint density at radius 2 is 1.67 bits per heavy atom. The molecule has 27 heavy (non-hydrogen) atoms. The van der Waals surface area contributed by atoms with Crippen molar-refractivity contribution in [1.29, 1.82) is 0 Å². The van der Waals surface area contributed by atoms with Gasteiger partial charge in [-0.15, -0.1) is 0 Å². The Morgan fingerprint density at radius 1 is 1.07 bits per heavy atom. The summed E-state index contributed by atoms with van der Waals surface area (Å²) in [5.74, 6) is -2.76. The zero-order chi connectivity index (χ0) is 19.0. The number of rotatable bonds is 5. The van der Waals surface area contributed by atoms with Gasteiger partial charge in [-0.05, 0) is 28.3 Å². The number of ether oxygens (including phenoxy) is 2. The summed E-state index contributed by atoms with van der Waals surface area (Å²) in [6, 6.07) is 16.1. The minimum atomic E-state index is -1.62. The number of benzene rings is 2. The number of esters is 1. The van der Waals surface area contributed by atoms with E-state index in [9.17, 15) is 9.59 Å². The van der Waals surface area contributed by atoms with Crippen LogP contribution in [0.5, 0.6) is 0 Å². The average molecular weight is 365 g/mol. The van der Waals surface area contributed by atoms with Gasteiger partial charge < -0.3 is 14.6 Å². The summed E-state index contributed by atoms with van der Waals surface area (Å²) in [6.45, 7) is 0.153. The van der Waals surface area contributed by atoms with Gasteiger partial charge in [-0.3, -0.25) is 15.3 Å². The van der Waals surface area contributed by atoms with E-state index in [0.29, 0.717) is 0 Å². The Labute approximate surface area is 156 Å². The monoisotopic (exact) mass is 365 g/mol. The van der Waals surface area contributed by atoms with Crippen LogP contribution < -0.4 is 5.73 Å². The maximum absolute atomic E-state index is 12.6. The van der Waals surface area contributed by atoms with Crippen LogP contribution in [0.2, 0.25) is 0 Å². The maximum atomic E-state index is 12.6. The van der Waals surface area contributed by atoms with Crippen molar-refractivity contribution in [3.05, 3.63) is 72.0 Å². The molecule has 1 aliphatic heterocycles. The fraction of sp³-hybridized carbons (Fsp3) is 0.238. The summed E-state index contributed by atoms with van der Waals surface area (Å²) in [5, 5.41) is 9.02. The number of nitrogens with two attached hydrogens (primary N) is 1. The zero-order valence-corrected chi connectivity index (χ0v) is 14.5. The predicted molar refractivity (Wildman–Crippen MR) is 97.6 cm³/mol. The van der Waals surface area contributed by atoms with Crippen LogP contribution in [0.3, 0.4) is 0 Å². The van der Waals surface area contributed by atoms with Crippen molar-refractivity contribution in [2.24, 2.45) is 11.7 Å². The molecule has 2 aliphatic rings. The molecule has 0 saturated carbocycles. The van der Waals surface area contributed by atoms with E-state index in [1.54, 1.807) is 0 Å². The number of carbonyl (C=O) groups excluding carboxylic acids is 1. The third-order valence-corrected chi connectivity index (χ3v) is 5.12. The lowest BCUT2D eigenvalue weighted by atomic mass is 9.94. The standard InChI is InChI=1S/C21H19NO5/c22-21(11-19(23)24)18(9-10-27-21)20(25)26-12-17-15-7-3-1-5-13(15)14-6-2-4-8-16(14)17/h1-10,17-18H,11-12,22H2,(H,23,24). The summed E-state index contributed by atoms with van der Waals surface area (Å²) in [6.07, 6.45) is 2.21. The smallest absolute Gasteiger partial charge is 0.318 e. The van der Waals surface area contributed by atoms with Gasteiger partial charge in [0.05, 0.1) is 6.26 Å². The molecule has 138 valence electrons. The zero-order valence-electron chi connectivity index (χ0n) is 14.5. The van der Waals surface area contributed by atoms with Gasteiger partial charge in [0.2, 0.25) is 0 Å². The number of carbonyl (C=O) groups is 2. The fourth-order valence-corrected chi connectivity index (χ4v) is 3.84. The topological polar surface area (TPSA) is 98.9 Å².